The second-order valence-corrected chi connectivity index (χ2v) is 5.74. The third-order valence-corrected chi connectivity index (χ3v) is 4.37. The lowest BCUT2D eigenvalue weighted by Gasteiger charge is -2.06. The van der Waals surface area contributed by atoms with Crippen molar-refractivity contribution in [2.45, 2.75) is 40.3 Å². The van der Waals surface area contributed by atoms with Crippen molar-refractivity contribution in [2.75, 3.05) is 0 Å². The molecule has 0 atom stereocenters. The maximum atomic E-state index is 3.65. The van der Waals surface area contributed by atoms with Crippen molar-refractivity contribution in [2.24, 2.45) is 10.8 Å². The number of benzene rings is 1. The molecule has 1 saturated carbocycles. The fourth-order valence-electron chi connectivity index (χ4n) is 2.52. The quantitative estimate of drug-likeness (QED) is 0.795. The van der Waals surface area contributed by atoms with E-state index >= 15 is 0 Å². The minimum Gasteiger partial charge on any atom is -0.309 e. The zero-order valence-corrected chi connectivity index (χ0v) is 10.2. The zero-order valence-electron chi connectivity index (χ0n) is 10.2. The summed E-state index contributed by atoms with van der Waals surface area (Å²) in [7, 11) is 0. The van der Waals surface area contributed by atoms with Crippen LogP contribution >= 0.6 is 0 Å². The van der Waals surface area contributed by atoms with E-state index in [4.69, 9.17) is 0 Å². The second kappa shape index (κ2) is 3.34. The van der Waals surface area contributed by atoms with E-state index in [1.165, 1.54) is 5.56 Å². The molecule has 1 aliphatic carbocycles. The Balaban J connectivity index is 1.92. The van der Waals surface area contributed by atoms with Gasteiger partial charge in [0.1, 0.15) is 0 Å². The molecule has 0 bridgehead atoms. The molecule has 1 aromatic carbocycles. The van der Waals surface area contributed by atoms with Crippen LogP contribution in [0.5, 0.6) is 0 Å². The third-order valence-electron chi connectivity index (χ3n) is 4.37. The molecule has 82 valence electrons. The average molecular weight is 203 g/mol. The molecule has 0 spiro atoms. The van der Waals surface area contributed by atoms with Gasteiger partial charge in [-0.3, -0.25) is 0 Å². The van der Waals surface area contributed by atoms with Gasteiger partial charge in [0.25, 0.3) is 0 Å². The SMILES string of the molecule is CC1(C)C(NCc2ccccc2)C1(C)C. The van der Waals surface area contributed by atoms with E-state index in [2.05, 4.69) is 63.3 Å². The summed E-state index contributed by atoms with van der Waals surface area (Å²) in [6.07, 6.45) is 0. The average Bonchev–Trinajstić information content (AvgIpc) is 2.57. The van der Waals surface area contributed by atoms with Crippen LogP contribution in [0, 0.1) is 10.8 Å². The van der Waals surface area contributed by atoms with Gasteiger partial charge in [-0.25, -0.2) is 0 Å². The lowest BCUT2D eigenvalue weighted by molar-refractivity contribution is 0.457. The Morgan fingerprint density at radius 3 is 2.00 bits per heavy atom. The Hall–Kier alpha value is -0.820. The van der Waals surface area contributed by atoms with E-state index in [1.54, 1.807) is 0 Å². The molecule has 0 aromatic heterocycles. The van der Waals surface area contributed by atoms with Crippen LogP contribution in [0.4, 0.5) is 0 Å². The highest BCUT2D eigenvalue weighted by atomic mass is 15.0. The Labute approximate surface area is 92.9 Å². The maximum absolute atomic E-state index is 3.65. The summed E-state index contributed by atoms with van der Waals surface area (Å²) in [6, 6.07) is 11.3. The van der Waals surface area contributed by atoms with Gasteiger partial charge in [0.2, 0.25) is 0 Å². The zero-order chi connectivity index (χ0) is 11.1. The van der Waals surface area contributed by atoms with Crippen LogP contribution in [0.3, 0.4) is 0 Å². The highest BCUT2D eigenvalue weighted by Crippen LogP contribution is 2.62. The molecule has 1 aliphatic rings. The van der Waals surface area contributed by atoms with E-state index < -0.39 is 0 Å². The van der Waals surface area contributed by atoms with Crippen LogP contribution in [0.25, 0.3) is 0 Å². The van der Waals surface area contributed by atoms with Crippen molar-refractivity contribution in [1.29, 1.82) is 0 Å². The molecule has 0 heterocycles. The molecule has 0 saturated heterocycles. The van der Waals surface area contributed by atoms with Crippen molar-refractivity contribution >= 4 is 0 Å². The summed E-state index contributed by atoms with van der Waals surface area (Å²) in [5.74, 6) is 0. The Morgan fingerprint density at radius 2 is 1.53 bits per heavy atom. The summed E-state index contributed by atoms with van der Waals surface area (Å²) in [5.41, 5.74) is 2.24. The molecular formula is C14H21N. The molecule has 0 amide bonds. The molecule has 1 nitrogen and oxygen atoms in total. The van der Waals surface area contributed by atoms with Crippen LogP contribution in [0.15, 0.2) is 30.3 Å². The van der Waals surface area contributed by atoms with Crippen LogP contribution in [-0.2, 0) is 6.54 Å². The van der Waals surface area contributed by atoms with Gasteiger partial charge in [0, 0.05) is 12.6 Å². The largest absolute Gasteiger partial charge is 0.309 e. The number of nitrogens with one attached hydrogen (secondary N) is 1. The molecule has 0 aliphatic heterocycles. The minimum atomic E-state index is 0.432. The first-order chi connectivity index (χ1) is 6.96. The molecule has 1 heteroatoms. The Morgan fingerprint density at radius 1 is 1.00 bits per heavy atom. The van der Waals surface area contributed by atoms with Crippen LogP contribution in [0.2, 0.25) is 0 Å². The van der Waals surface area contributed by atoms with Gasteiger partial charge >= 0.3 is 0 Å². The predicted molar refractivity (Wildman–Crippen MR) is 64.6 cm³/mol. The van der Waals surface area contributed by atoms with Gasteiger partial charge < -0.3 is 5.32 Å². The van der Waals surface area contributed by atoms with Gasteiger partial charge in [0.15, 0.2) is 0 Å². The van der Waals surface area contributed by atoms with Gasteiger partial charge in [-0.15, -0.1) is 0 Å². The normalized spacial score (nSPS) is 22.7. The molecule has 15 heavy (non-hydrogen) atoms. The van der Waals surface area contributed by atoms with Crippen molar-refractivity contribution in [3.8, 4) is 0 Å². The van der Waals surface area contributed by atoms with Crippen LogP contribution in [-0.4, -0.2) is 6.04 Å². The summed E-state index contributed by atoms with van der Waals surface area (Å²) in [4.78, 5) is 0. The fraction of sp³-hybridized carbons (Fsp3) is 0.571. The minimum absolute atomic E-state index is 0.432. The number of rotatable bonds is 3. The van der Waals surface area contributed by atoms with Crippen molar-refractivity contribution in [3.63, 3.8) is 0 Å². The molecular weight excluding hydrogens is 182 g/mol. The first kappa shape index (κ1) is 10.7. The monoisotopic (exact) mass is 203 g/mol. The van der Waals surface area contributed by atoms with Gasteiger partial charge in [-0.1, -0.05) is 58.0 Å². The van der Waals surface area contributed by atoms with E-state index in [0.29, 0.717) is 16.9 Å². The molecule has 1 N–H and O–H groups in total. The standard InChI is InChI=1S/C14H21N/c1-13(2)12(14(13,3)4)15-10-11-8-6-5-7-9-11/h5-9,12,15H,10H2,1-4H3. The molecule has 1 aromatic rings. The van der Waals surface area contributed by atoms with Gasteiger partial charge in [-0.2, -0.15) is 0 Å². The first-order valence-electron chi connectivity index (χ1n) is 5.73. The molecule has 1 fully saturated rings. The second-order valence-electron chi connectivity index (χ2n) is 5.74. The summed E-state index contributed by atoms with van der Waals surface area (Å²) in [6.45, 7) is 10.4. The van der Waals surface area contributed by atoms with Gasteiger partial charge in [0.05, 0.1) is 0 Å². The summed E-state index contributed by atoms with van der Waals surface area (Å²) >= 11 is 0. The Bertz CT molecular complexity index is 324. The van der Waals surface area contributed by atoms with E-state index in [9.17, 15) is 0 Å². The number of hydrogen-bond acceptors (Lipinski definition) is 1. The Kier molecular flexibility index (Phi) is 2.38. The summed E-state index contributed by atoms with van der Waals surface area (Å²) < 4.78 is 0. The van der Waals surface area contributed by atoms with Crippen molar-refractivity contribution < 1.29 is 0 Å². The maximum Gasteiger partial charge on any atom is 0.0208 e. The van der Waals surface area contributed by atoms with Gasteiger partial charge in [-0.05, 0) is 16.4 Å². The van der Waals surface area contributed by atoms with E-state index in [0.717, 1.165) is 6.54 Å². The molecule has 0 radical (unpaired) electrons. The van der Waals surface area contributed by atoms with Crippen molar-refractivity contribution in [1.82, 2.24) is 5.32 Å². The topological polar surface area (TPSA) is 12.0 Å². The lowest BCUT2D eigenvalue weighted by atomic mass is 10.0. The molecule has 2 rings (SSSR count). The van der Waals surface area contributed by atoms with E-state index in [-0.39, 0.29) is 0 Å². The molecule has 0 unspecified atom stereocenters. The highest BCUT2D eigenvalue weighted by Gasteiger charge is 2.64. The smallest absolute Gasteiger partial charge is 0.0208 e. The van der Waals surface area contributed by atoms with Crippen molar-refractivity contribution in [3.05, 3.63) is 35.9 Å². The van der Waals surface area contributed by atoms with Crippen LogP contribution in [0.1, 0.15) is 33.3 Å². The van der Waals surface area contributed by atoms with E-state index in [1.807, 2.05) is 0 Å². The predicted octanol–water partition coefficient (Wildman–Crippen LogP) is 3.21. The first-order valence-corrected chi connectivity index (χ1v) is 5.73. The third kappa shape index (κ3) is 1.69. The fourth-order valence-corrected chi connectivity index (χ4v) is 2.52. The van der Waals surface area contributed by atoms with Crippen LogP contribution < -0.4 is 5.32 Å². The number of hydrogen-bond donors (Lipinski definition) is 1. The highest BCUT2D eigenvalue weighted by molar-refractivity contribution is 5.20. The summed E-state index contributed by atoms with van der Waals surface area (Å²) in [5, 5.41) is 3.65. The lowest BCUT2D eigenvalue weighted by Crippen LogP contribution is -2.21.